The van der Waals surface area contributed by atoms with Gasteiger partial charge in [0.15, 0.2) is 0 Å². The van der Waals surface area contributed by atoms with Crippen LogP contribution in [0.15, 0.2) is 30.3 Å². The number of ketones is 1. The first kappa shape index (κ1) is 11.0. The van der Waals surface area contributed by atoms with E-state index < -0.39 is 0 Å². The topological polar surface area (TPSA) is 17.1 Å². The maximum Gasteiger partial charge on any atom is 0.136 e. The number of hydrogen-bond donors (Lipinski definition) is 0. The van der Waals surface area contributed by atoms with Crippen molar-refractivity contribution >= 4 is 5.78 Å². The fourth-order valence-corrected chi connectivity index (χ4v) is 1.67. The molecule has 0 heterocycles. The molecule has 0 aromatic heterocycles. The van der Waals surface area contributed by atoms with Gasteiger partial charge >= 0.3 is 0 Å². The fourth-order valence-electron chi connectivity index (χ4n) is 1.67. The number of carbonyl (C=O) groups excluding carboxylic acids is 1. The lowest BCUT2D eigenvalue weighted by molar-refractivity contribution is -0.122. The van der Waals surface area contributed by atoms with Crippen molar-refractivity contribution in [1.82, 2.24) is 0 Å². The van der Waals surface area contributed by atoms with Crippen LogP contribution in [0.3, 0.4) is 0 Å². The summed E-state index contributed by atoms with van der Waals surface area (Å²) < 4.78 is 0. The van der Waals surface area contributed by atoms with E-state index in [2.05, 4.69) is 19.1 Å². The number of Topliss-reactive ketones (excluding diaryl/α,β-unsaturated/α-hetero) is 1. The van der Waals surface area contributed by atoms with Gasteiger partial charge < -0.3 is 0 Å². The highest BCUT2D eigenvalue weighted by Crippen LogP contribution is 2.14. The second-order valence-electron chi connectivity index (χ2n) is 3.61. The Hall–Kier alpha value is -1.11. The summed E-state index contributed by atoms with van der Waals surface area (Å²) in [5.74, 6) is 0.596. The maximum absolute atomic E-state index is 11.5. The van der Waals surface area contributed by atoms with Crippen molar-refractivity contribution in [2.24, 2.45) is 5.92 Å². The van der Waals surface area contributed by atoms with E-state index in [1.165, 1.54) is 5.56 Å². The van der Waals surface area contributed by atoms with Crippen LogP contribution in [-0.2, 0) is 11.2 Å². The minimum Gasteiger partial charge on any atom is -0.299 e. The minimum absolute atomic E-state index is 0.211. The summed E-state index contributed by atoms with van der Waals surface area (Å²) in [7, 11) is 0. The maximum atomic E-state index is 11.5. The largest absolute Gasteiger partial charge is 0.299 e. The third-order valence-corrected chi connectivity index (χ3v) is 2.62. The molecule has 76 valence electrons. The van der Waals surface area contributed by atoms with Gasteiger partial charge in [0, 0.05) is 12.3 Å². The molecule has 1 atom stereocenters. The average molecular weight is 190 g/mol. The normalized spacial score (nSPS) is 12.4. The predicted octanol–water partition coefficient (Wildman–Crippen LogP) is 3.23. The molecule has 1 heteroatoms. The van der Waals surface area contributed by atoms with E-state index in [-0.39, 0.29) is 5.92 Å². The van der Waals surface area contributed by atoms with Gasteiger partial charge in [0.2, 0.25) is 0 Å². The summed E-state index contributed by atoms with van der Waals surface area (Å²) in [6.45, 7) is 4.02. The SMILES string of the molecule is CCC(=O)[C@@H](CC)Cc1ccccc1. The first-order valence-electron chi connectivity index (χ1n) is 5.34. The van der Waals surface area contributed by atoms with Gasteiger partial charge in [-0.3, -0.25) is 4.79 Å². The Morgan fingerprint density at radius 2 is 1.86 bits per heavy atom. The lowest BCUT2D eigenvalue weighted by Crippen LogP contribution is -2.15. The molecule has 0 N–H and O–H groups in total. The summed E-state index contributed by atoms with van der Waals surface area (Å²) in [6.07, 6.45) is 2.50. The molecule has 0 saturated heterocycles. The fraction of sp³-hybridized carbons (Fsp3) is 0.462. The van der Waals surface area contributed by atoms with Gasteiger partial charge in [0.25, 0.3) is 0 Å². The Kier molecular flexibility index (Phi) is 4.37. The molecule has 0 saturated carbocycles. The average Bonchev–Trinajstić information content (AvgIpc) is 2.26. The van der Waals surface area contributed by atoms with Crippen molar-refractivity contribution < 1.29 is 4.79 Å². The van der Waals surface area contributed by atoms with Gasteiger partial charge in [-0.25, -0.2) is 0 Å². The number of benzene rings is 1. The molecule has 0 aliphatic heterocycles. The van der Waals surface area contributed by atoms with Gasteiger partial charge in [-0.15, -0.1) is 0 Å². The first-order valence-corrected chi connectivity index (χ1v) is 5.34. The number of carbonyl (C=O) groups is 1. The molecule has 0 radical (unpaired) electrons. The van der Waals surface area contributed by atoms with Gasteiger partial charge in [0.1, 0.15) is 5.78 Å². The zero-order chi connectivity index (χ0) is 10.4. The Morgan fingerprint density at radius 3 is 2.36 bits per heavy atom. The van der Waals surface area contributed by atoms with Gasteiger partial charge in [0.05, 0.1) is 0 Å². The Bertz CT molecular complexity index is 277. The van der Waals surface area contributed by atoms with Gasteiger partial charge in [-0.2, -0.15) is 0 Å². The highest BCUT2D eigenvalue weighted by molar-refractivity contribution is 5.80. The van der Waals surface area contributed by atoms with Crippen molar-refractivity contribution in [3.63, 3.8) is 0 Å². The van der Waals surface area contributed by atoms with Crippen molar-refractivity contribution in [1.29, 1.82) is 0 Å². The summed E-state index contributed by atoms with van der Waals surface area (Å²) in [6, 6.07) is 10.2. The second-order valence-corrected chi connectivity index (χ2v) is 3.61. The summed E-state index contributed by atoms with van der Waals surface area (Å²) in [5, 5.41) is 0. The molecule has 0 aliphatic carbocycles. The molecule has 0 amide bonds. The van der Waals surface area contributed by atoms with E-state index >= 15 is 0 Å². The van der Waals surface area contributed by atoms with Crippen LogP contribution in [0.2, 0.25) is 0 Å². The highest BCUT2D eigenvalue weighted by Gasteiger charge is 2.14. The minimum atomic E-state index is 0.211. The predicted molar refractivity (Wildman–Crippen MR) is 59.2 cm³/mol. The van der Waals surface area contributed by atoms with Crippen LogP contribution in [0.4, 0.5) is 0 Å². The van der Waals surface area contributed by atoms with E-state index in [0.29, 0.717) is 12.2 Å². The van der Waals surface area contributed by atoms with Gasteiger partial charge in [-0.1, -0.05) is 44.2 Å². The Balaban J connectivity index is 2.62. The Morgan fingerprint density at radius 1 is 1.21 bits per heavy atom. The van der Waals surface area contributed by atoms with E-state index in [9.17, 15) is 4.79 Å². The van der Waals surface area contributed by atoms with E-state index in [0.717, 1.165) is 12.8 Å². The third kappa shape index (κ3) is 2.99. The lowest BCUT2D eigenvalue weighted by atomic mass is 9.92. The van der Waals surface area contributed by atoms with Crippen LogP contribution in [0.1, 0.15) is 32.3 Å². The quantitative estimate of drug-likeness (QED) is 0.696. The van der Waals surface area contributed by atoms with Crippen LogP contribution in [0, 0.1) is 5.92 Å². The Labute approximate surface area is 86.1 Å². The zero-order valence-corrected chi connectivity index (χ0v) is 8.99. The zero-order valence-electron chi connectivity index (χ0n) is 8.99. The molecule has 0 unspecified atom stereocenters. The van der Waals surface area contributed by atoms with Gasteiger partial charge in [-0.05, 0) is 18.4 Å². The van der Waals surface area contributed by atoms with Crippen molar-refractivity contribution in [2.45, 2.75) is 33.1 Å². The van der Waals surface area contributed by atoms with Crippen LogP contribution in [-0.4, -0.2) is 5.78 Å². The molecule has 0 aliphatic rings. The molecule has 1 rings (SSSR count). The molecule has 0 spiro atoms. The molecule has 14 heavy (non-hydrogen) atoms. The summed E-state index contributed by atoms with van der Waals surface area (Å²) in [4.78, 5) is 11.5. The van der Waals surface area contributed by atoms with E-state index in [4.69, 9.17) is 0 Å². The first-order chi connectivity index (χ1) is 6.77. The second kappa shape index (κ2) is 5.58. The number of rotatable bonds is 5. The lowest BCUT2D eigenvalue weighted by Gasteiger charge is -2.12. The van der Waals surface area contributed by atoms with E-state index in [1.807, 2.05) is 25.1 Å². The molecule has 1 nitrogen and oxygen atoms in total. The molecule has 0 fully saturated rings. The van der Waals surface area contributed by atoms with Crippen molar-refractivity contribution in [3.8, 4) is 0 Å². The van der Waals surface area contributed by atoms with Crippen LogP contribution in [0.5, 0.6) is 0 Å². The van der Waals surface area contributed by atoms with Crippen molar-refractivity contribution in [3.05, 3.63) is 35.9 Å². The molecular weight excluding hydrogens is 172 g/mol. The van der Waals surface area contributed by atoms with Crippen LogP contribution in [0.25, 0.3) is 0 Å². The monoisotopic (exact) mass is 190 g/mol. The molecular formula is C13H18O. The molecule has 1 aromatic rings. The van der Waals surface area contributed by atoms with E-state index in [1.54, 1.807) is 0 Å². The smallest absolute Gasteiger partial charge is 0.136 e. The van der Waals surface area contributed by atoms with Crippen LogP contribution >= 0.6 is 0 Å². The standard InChI is InChI=1S/C13H18O/c1-3-12(13(14)4-2)10-11-8-6-5-7-9-11/h5-9,12H,3-4,10H2,1-2H3/t12-/m0/s1. The van der Waals surface area contributed by atoms with Crippen LogP contribution < -0.4 is 0 Å². The third-order valence-electron chi connectivity index (χ3n) is 2.62. The van der Waals surface area contributed by atoms with Crippen molar-refractivity contribution in [2.75, 3.05) is 0 Å². The number of hydrogen-bond acceptors (Lipinski definition) is 1. The molecule has 1 aromatic carbocycles. The molecule has 0 bridgehead atoms. The highest BCUT2D eigenvalue weighted by atomic mass is 16.1. The summed E-state index contributed by atoms with van der Waals surface area (Å²) in [5.41, 5.74) is 1.26. The summed E-state index contributed by atoms with van der Waals surface area (Å²) >= 11 is 0.